The molecule has 92 valence electrons. The zero-order chi connectivity index (χ0) is 13.2. The summed E-state index contributed by atoms with van der Waals surface area (Å²) in [5, 5.41) is 17.3. The van der Waals surface area contributed by atoms with Crippen LogP contribution in [0.4, 0.5) is 0 Å². The minimum absolute atomic E-state index is 0.594. The first-order valence-electron chi connectivity index (χ1n) is 5.74. The number of aromatic nitrogens is 3. The van der Waals surface area contributed by atoms with Crippen molar-refractivity contribution in [3.63, 3.8) is 0 Å². The molecule has 0 saturated carbocycles. The van der Waals surface area contributed by atoms with E-state index in [9.17, 15) is 0 Å². The van der Waals surface area contributed by atoms with Gasteiger partial charge < -0.3 is 0 Å². The molecule has 3 rings (SSSR count). The number of hydrogen-bond acceptors (Lipinski definition) is 3. The Labute approximate surface area is 118 Å². The molecule has 1 heterocycles. The van der Waals surface area contributed by atoms with Crippen molar-refractivity contribution >= 4 is 27.0 Å². The van der Waals surface area contributed by atoms with Gasteiger partial charge in [-0.1, -0.05) is 35.5 Å². The predicted octanol–water partition coefficient (Wildman–Crippen LogP) is 3.11. The molecule has 0 bridgehead atoms. The molecule has 0 saturated heterocycles. The standard InChI is InChI=1S/C14H9BrN4/c15-12-6-11(8-16)7-13-14(12)17-18-19(13)9-10-4-2-1-3-5-10/h1-7H,9H2. The highest BCUT2D eigenvalue weighted by atomic mass is 79.9. The quantitative estimate of drug-likeness (QED) is 0.730. The topological polar surface area (TPSA) is 54.5 Å². The molecule has 0 aliphatic rings. The summed E-state index contributed by atoms with van der Waals surface area (Å²) < 4.78 is 2.59. The predicted molar refractivity (Wildman–Crippen MR) is 75.5 cm³/mol. The van der Waals surface area contributed by atoms with E-state index in [0.29, 0.717) is 12.1 Å². The van der Waals surface area contributed by atoms with Crippen LogP contribution in [0.3, 0.4) is 0 Å². The molecule has 0 atom stereocenters. The lowest BCUT2D eigenvalue weighted by Crippen LogP contribution is -2.01. The van der Waals surface area contributed by atoms with Crippen LogP contribution in [0, 0.1) is 11.3 Å². The molecule has 0 aliphatic heterocycles. The first-order chi connectivity index (χ1) is 9.28. The Hall–Kier alpha value is -2.19. The van der Waals surface area contributed by atoms with Gasteiger partial charge in [0.15, 0.2) is 0 Å². The molecular weight excluding hydrogens is 304 g/mol. The molecule has 0 aliphatic carbocycles. The third-order valence-electron chi connectivity index (χ3n) is 2.88. The molecule has 0 spiro atoms. The Bertz CT molecular complexity index is 771. The molecule has 0 amide bonds. The van der Waals surface area contributed by atoms with E-state index in [0.717, 1.165) is 21.1 Å². The van der Waals surface area contributed by atoms with Gasteiger partial charge in [0.1, 0.15) is 5.52 Å². The zero-order valence-corrected chi connectivity index (χ0v) is 11.5. The summed E-state index contributed by atoms with van der Waals surface area (Å²) in [6.07, 6.45) is 0. The number of benzene rings is 2. The monoisotopic (exact) mass is 312 g/mol. The number of fused-ring (bicyclic) bond motifs is 1. The van der Waals surface area contributed by atoms with Gasteiger partial charge >= 0.3 is 0 Å². The molecule has 19 heavy (non-hydrogen) atoms. The van der Waals surface area contributed by atoms with E-state index < -0.39 is 0 Å². The second-order valence-corrected chi connectivity index (χ2v) is 5.02. The fourth-order valence-electron chi connectivity index (χ4n) is 1.96. The molecule has 1 aromatic heterocycles. The van der Waals surface area contributed by atoms with Crippen molar-refractivity contribution in [2.75, 3.05) is 0 Å². The molecular formula is C14H9BrN4. The van der Waals surface area contributed by atoms with E-state index in [4.69, 9.17) is 5.26 Å². The van der Waals surface area contributed by atoms with Crippen molar-refractivity contribution < 1.29 is 0 Å². The van der Waals surface area contributed by atoms with Crippen LogP contribution in [0.15, 0.2) is 46.9 Å². The summed E-state index contributed by atoms with van der Waals surface area (Å²) in [4.78, 5) is 0. The fraction of sp³-hybridized carbons (Fsp3) is 0.0714. The first kappa shape index (κ1) is 11.9. The van der Waals surface area contributed by atoms with Gasteiger partial charge in [-0.25, -0.2) is 4.68 Å². The van der Waals surface area contributed by atoms with Crippen LogP contribution in [0.25, 0.3) is 11.0 Å². The van der Waals surface area contributed by atoms with Gasteiger partial charge in [-0.05, 0) is 33.6 Å². The number of rotatable bonds is 2. The summed E-state index contributed by atoms with van der Waals surface area (Å²) >= 11 is 3.42. The van der Waals surface area contributed by atoms with E-state index >= 15 is 0 Å². The maximum atomic E-state index is 9.02. The Morgan fingerprint density at radius 1 is 1.21 bits per heavy atom. The summed E-state index contributed by atoms with van der Waals surface area (Å²) in [7, 11) is 0. The van der Waals surface area contributed by atoms with Crippen LogP contribution in [-0.2, 0) is 6.54 Å². The Balaban J connectivity index is 2.10. The average molecular weight is 313 g/mol. The lowest BCUT2D eigenvalue weighted by Gasteiger charge is -2.03. The van der Waals surface area contributed by atoms with E-state index in [-0.39, 0.29) is 0 Å². The molecule has 0 N–H and O–H groups in total. The van der Waals surface area contributed by atoms with Crippen molar-refractivity contribution in [2.45, 2.75) is 6.54 Å². The third-order valence-corrected chi connectivity index (χ3v) is 3.48. The highest BCUT2D eigenvalue weighted by Gasteiger charge is 2.10. The molecule has 0 radical (unpaired) electrons. The van der Waals surface area contributed by atoms with Gasteiger partial charge in [0.25, 0.3) is 0 Å². The lowest BCUT2D eigenvalue weighted by atomic mass is 10.2. The number of nitriles is 1. The summed E-state index contributed by atoms with van der Waals surface area (Å²) in [5.74, 6) is 0. The van der Waals surface area contributed by atoms with E-state index in [1.165, 1.54) is 0 Å². The fourth-order valence-corrected chi connectivity index (χ4v) is 2.49. The second kappa shape index (κ2) is 4.82. The van der Waals surface area contributed by atoms with Gasteiger partial charge in [-0.2, -0.15) is 5.26 Å². The van der Waals surface area contributed by atoms with Gasteiger partial charge in [0.2, 0.25) is 0 Å². The second-order valence-electron chi connectivity index (χ2n) is 4.17. The largest absolute Gasteiger partial charge is 0.240 e. The minimum atomic E-state index is 0.594. The molecule has 4 nitrogen and oxygen atoms in total. The van der Waals surface area contributed by atoms with E-state index in [1.54, 1.807) is 10.7 Å². The van der Waals surface area contributed by atoms with E-state index in [1.807, 2.05) is 36.4 Å². The Kier molecular flexibility index (Phi) is 3.02. The van der Waals surface area contributed by atoms with Crippen LogP contribution >= 0.6 is 15.9 Å². The van der Waals surface area contributed by atoms with Crippen molar-refractivity contribution in [2.24, 2.45) is 0 Å². The maximum Gasteiger partial charge on any atom is 0.127 e. The Morgan fingerprint density at radius 3 is 2.74 bits per heavy atom. The maximum absolute atomic E-state index is 9.02. The number of hydrogen-bond donors (Lipinski definition) is 0. The smallest absolute Gasteiger partial charge is 0.127 e. The highest BCUT2D eigenvalue weighted by Crippen LogP contribution is 2.24. The Morgan fingerprint density at radius 2 is 2.00 bits per heavy atom. The molecule has 3 aromatic rings. The third kappa shape index (κ3) is 2.23. The van der Waals surface area contributed by atoms with E-state index in [2.05, 4.69) is 32.3 Å². The van der Waals surface area contributed by atoms with Crippen LogP contribution in [0.2, 0.25) is 0 Å². The molecule has 0 fully saturated rings. The van der Waals surface area contributed by atoms with Crippen LogP contribution in [-0.4, -0.2) is 15.0 Å². The number of nitrogens with zero attached hydrogens (tertiary/aromatic N) is 4. The van der Waals surface area contributed by atoms with Crippen LogP contribution in [0.1, 0.15) is 11.1 Å². The minimum Gasteiger partial charge on any atom is -0.240 e. The lowest BCUT2D eigenvalue weighted by molar-refractivity contribution is 0.670. The van der Waals surface area contributed by atoms with Crippen molar-refractivity contribution in [3.8, 4) is 6.07 Å². The van der Waals surface area contributed by atoms with Gasteiger partial charge in [0.05, 0.1) is 23.7 Å². The zero-order valence-electron chi connectivity index (χ0n) is 9.92. The van der Waals surface area contributed by atoms with Gasteiger partial charge in [-0.15, -0.1) is 5.10 Å². The van der Waals surface area contributed by atoms with Crippen molar-refractivity contribution in [1.82, 2.24) is 15.0 Å². The molecule has 0 unspecified atom stereocenters. The summed E-state index contributed by atoms with van der Waals surface area (Å²) in [6, 6.07) is 15.7. The summed E-state index contributed by atoms with van der Waals surface area (Å²) in [5.41, 5.74) is 3.37. The van der Waals surface area contributed by atoms with Crippen molar-refractivity contribution in [3.05, 3.63) is 58.1 Å². The molecule has 2 aromatic carbocycles. The van der Waals surface area contributed by atoms with Gasteiger partial charge in [0, 0.05) is 4.47 Å². The average Bonchev–Trinajstić information content (AvgIpc) is 2.83. The normalized spacial score (nSPS) is 10.5. The first-order valence-corrected chi connectivity index (χ1v) is 6.54. The highest BCUT2D eigenvalue weighted by molar-refractivity contribution is 9.10. The van der Waals surface area contributed by atoms with Crippen molar-refractivity contribution in [1.29, 1.82) is 5.26 Å². The van der Waals surface area contributed by atoms with Crippen LogP contribution < -0.4 is 0 Å². The van der Waals surface area contributed by atoms with Gasteiger partial charge in [-0.3, -0.25) is 0 Å². The van der Waals surface area contributed by atoms with Crippen LogP contribution in [0.5, 0.6) is 0 Å². The number of halogens is 1. The summed E-state index contributed by atoms with van der Waals surface area (Å²) in [6.45, 7) is 0.638. The molecule has 5 heteroatoms. The SMILES string of the molecule is N#Cc1cc(Br)c2nnn(Cc3ccccc3)c2c1.